The number of hydrogen-bond donors (Lipinski definition) is 2. The van der Waals surface area contributed by atoms with E-state index in [1.54, 1.807) is 0 Å². The fourth-order valence-corrected chi connectivity index (χ4v) is 2.06. The van der Waals surface area contributed by atoms with Crippen LogP contribution in [-0.2, 0) is 6.18 Å². The summed E-state index contributed by atoms with van der Waals surface area (Å²) in [6.07, 6.45) is -6.87. The van der Waals surface area contributed by atoms with Crippen LogP contribution in [0.5, 0.6) is 0 Å². The molecule has 0 aliphatic rings. The zero-order valence-electron chi connectivity index (χ0n) is 9.69. The molecule has 1 rings (SSSR count). The van der Waals surface area contributed by atoms with Crippen molar-refractivity contribution >= 4 is 22.2 Å². The van der Waals surface area contributed by atoms with E-state index in [9.17, 15) is 28.2 Å². The molecule has 0 radical (unpaired) electrons. The largest absolute Gasteiger partial charge is 0.416 e. The third-order valence-electron chi connectivity index (χ3n) is 2.63. The molecule has 2 N–H and O–H groups in total. The fraction of sp³-hybridized carbons (Fsp3) is 0.417. The van der Waals surface area contributed by atoms with E-state index in [4.69, 9.17) is 0 Å². The Morgan fingerprint density at radius 1 is 1.32 bits per heavy atom. The highest BCUT2D eigenvalue weighted by atomic mass is 79.9. The number of aliphatic hydroxyl groups is 2. The maximum absolute atomic E-state index is 12.6. The molecule has 0 amide bonds. The van der Waals surface area contributed by atoms with Gasteiger partial charge in [0, 0.05) is 10.9 Å². The maximum atomic E-state index is 12.6. The molecule has 106 valence electrons. The van der Waals surface area contributed by atoms with Gasteiger partial charge in [0.2, 0.25) is 0 Å². The molecule has 0 aliphatic carbocycles. The van der Waals surface area contributed by atoms with Gasteiger partial charge in [-0.25, -0.2) is 0 Å². The molecule has 0 saturated heterocycles. The highest BCUT2D eigenvalue weighted by molar-refractivity contribution is 9.09. The van der Waals surface area contributed by atoms with Gasteiger partial charge >= 0.3 is 6.18 Å². The minimum Gasteiger partial charge on any atom is -0.390 e. The molecule has 19 heavy (non-hydrogen) atoms. The molecule has 0 fully saturated rings. The summed E-state index contributed by atoms with van der Waals surface area (Å²) >= 11 is 3.05. The molecular weight excluding hydrogens is 329 g/mol. The van der Waals surface area contributed by atoms with Crippen molar-refractivity contribution < 1.29 is 28.2 Å². The van der Waals surface area contributed by atoms with Crippen molar-refractivity contribution in [1.82, 2.24) is 0 Å². The molecule has 2 atom stereocenters. The SMILES string of the molecule is O=Cc1ccc(C(F)(F)F)cc1C(O)C(O)CCBr. The second kappa shape index (κ2) is 6.49. The molecule has 0 heterocycles. The van der Waals surface area contributed by atoms with Crippen molar-refractivity contribution in [2.75, 3.05) is 5.33 Å². The molecule has 7 heteroatoms. The summed E-state index contributed by atoms with van der Waals surface area (Å²) in [5, 5.41) is 19.8. The predicted molar refractivity (Wildman–Crippen MR) is 66.2 cm³/mol. The van der Waals surface area contributed by atoms with Crippen LogP contribution >= 0.6 is 15.9 Å². The number of aliphatic hydroxyl groups excluding tert-OH is 2. The minimum atomic E-state index is -4.57. The maximum Gasteiger partial charge on any atom is 0.416 e. The third-order valence-corrected chi connectivity index (χ3v) is 3.09. The number of hydrogen-bond acceptors (Lipinski definition) is 3. The van der Waals surface area contributed by atoms with Gasteiger partial charge in [-0.3, -0.25) is 4.79 Å². The smallest absolute Gasteiger partial charge is 0.390 e. The number of carbonyl (C=O) groups excluding carboxylic acids is 1. The first-order valence-corrected chi connectivity index (χ1v) is 6.51. The lowest BCUT2D eigenvalue weighted by atomic mass is 9.96. The van der Waals surface area contributed by atoms with Crippen molar-refractivity contribution in [2.24, 2.45) is 0 Å². The fourth-order valence-electron chi connectivity index (χ4n) is 1.59. The highest BCUT2D eigenvalue weighted by Gasteiger charge is 2.32. The lowest BCUT2D eigenvalue weighted by molar-refractivity contribution is -0.137. The Morgan fingerprint density at radius 2 is 1.95 bits per heavy atom. The summed E-state index contributed by atoms with van der Waals surface area (Å²) in [7, 11) is 0. The number of carbonyl (C=O) groups is 1. The van der Waals surface area contributed by atoms with Gasteiger partial charge < -0.3 is 10.2 Å². The van der Waals surface area contributed by atoms with Crippen molar-refractivity contribution in [3.8, 4) is 0 Å². The summed E-state index contributed by atoms with van der Waals surface area (Å²) in [4.78, 5) is 10.8. The van der Waals surface area contributed by atoms with Crippen LogP contribution in [0.3, 0.4) is 0 Å². The van der Waals surface area contributed by atoms with E-state index in [1.165, 1.54) is 0 Å². The summed E-state index contributed by atoms with van der Waals surface area (Å²) < 4.78 is 37.7. The number of alkyl halides is 4. The standard InChI is InChI=1S/C12H12BrF3O3/c13-4-3-10(18)11(19)9-5-8(12(14,15)16)2-1-7(9)6-17/h1-2,5-6,10-11,18-19H,3-4H2. The summed E-state index contributed by atoms with van der Waals surface area (Å²) in [5.74, 6) is 0. The Kier molecular flexibility index (Phi) is 5.51. The number of halogens is 4. The molecule has 0 aliphatic heterocycles. The summed E-state index contributed by atoms with van der Waals surface area (Å²) in [6, 6.07) is 2.43. The highest BCUT2D eigenvalue weighted by Crippen LogP contribution is 2.33. The van der Waals surface area contributed by atoms with Crippen molar-refractivity contribution in [3.63, 3.8) is 0 Å². The van der Waals surface area contributed by atoms with E-state index in [0.29, 0.717) is 17.7 Å². The van der Waals surface area contributed by atoms with E-state index in [0.717, 1.165) is 12.1 Å². The molecule has 0 saturated carbocycles. The molecular formula is C12H12BrF3O3. The van der Waals surface area contributed by atoms with Crippen molar-refractivity contribution in [1.29, 1.82) is 0 Å². The van der Waals surface area contributed by atoms with Gasteiger partial charge in [-0.15, -0.1) is 0 Å². The zero-order valence-corrected chi connectivity index (χ0v) is 11.3. The van der Waals surface area contributed by atoms with Crippen molar-refractivity contribution in [3.05, 3.63) is 34.9 Å². The molecule has 2 unspecified atom stereocenters. The molecule has 1 aromatic rings. The minimum absolute atomic E-state index is 0.0749. The first-order chi connectivity index (χ1) is 8.81. The molecule has 0 aromatic heterocycles. The van der Waals surface area contributed by atoms with E-state index < -0.39 is 23.9 Å². The van der Waals surface area contributed by atoms with E-state index >= 15 is 0 Å². The van der Waals surface area contributed by atoms with Gasteiger partial charge in [0.15, 0.2) is 0 Å². The van der Waals surface area contributed by atoms with Crippen molar-refractivity contribution in [2.45, 2.75) is 24.8 Å². The van der Waals surface area contributed by atoms with E-state index in [-0.39, 0.29) is 17.5 Å². The van der Waals surface area contributed by atoms with Gasteiger partial charge in [-0.1, -0.05) is 22.0 Å². The van der Waals surface area contributed by atoms with E-state index in [2.05, 4.69) is 15.9 Å². The van der Waals surface area contributed by atoms with Crippen LogP contribution < -0.4 is 0 Å². The van der Waals surface area contributed by atoms with E-state index in [1.807, 2.05) is 0 Å². The van der Waals surface area contributed by atoms with Crippen LogP contribution in [-0.4, -0.2) is 27.9 Å². The second-order valence-electron chi connectivity index (χ2n) is 3.95. The molecule has 1 aromatic carbocycles. The Balaban J connectivity index is 3.19. The summed E-state index contributed by atoms with van der Waals surface area (Å²) in [5.41, 5.74) is -1.27. The van der Waals surface area contributed by atoms with Gasteiger partial charge in [0.05, 0.1) is 11.7 Å². The average molecular weight is 341 g/mol. The zero-order chi connectivity index (χ0) is 14.6. The van der Waals surface area contributed by atoms with Gasteiger partial charge in [-0.05, 0) is 24.1 Å². The number of benzene rings is 1. The van der Waals surface area contributed by atoms with Crippen LogP contribution in [0.4, 0.5) is 13.2 Å². The predicted octanol–water partition coefficient (Wildman–Crippen LogP) is 2.70. The quantitative estimate of drug-likeness (QED) is 0.640. The van der Waals surface area contributed by atoms with Gasteiger partial charge in [0.25, 0.3) is 0 Å². The van der Waals surface area contributed by atoms with Crippen LogP contribution in [0.1, 0.15) is 34.0 Å². The van der Waals surface area contributed by atoms with Gasteiger partial charge in [0.1, 0.15) is 12.4 Å². The molecule has 0 spiro atoms. The Hall–Kier alpha value is -0.920. The van der Waals surface area contributed by atoms with Crippen LogP contribution in [0, 0.1) is 0 Å². The van der Waals surface area contributed by atoms with Crippen LogP contribution in [0.2, 0.25) is 0 Å². The number of rotatable bonds is 5. The number of aldehydes is 1. The lowest BCUT2D eigenvalue weighted by Gasteiger charge is -2.20. The van der Waals surface area contributed by atoms with Crippen LogP contribution in [0.25, 0.3) is 0 Å². The molecule has 0 bridgehead atoms. The van der Waals surface area contributed by atoms with Gasteiger partial charge in [-0.2, -0.15) is 13.2 Å². The van der Waals surface area contributed by atoms with Crippen LogP contribution in [0.15, 0.2) is 18.2 Å². The summed E-state index contributed by atoms with van der Waals surface area (Å²) in [6.45, 7) is 0. The lowest BCUT2D eigenvalue weighted by Crippen LogP contribution is -2.20. The Labute approximate surface area is 116 Å². The third kappa shape index (κ3) is 4.02. The monoisotopic (exact) mass is 340 g/mol. The Bertz CT molecular complexity index is 448. The first kappa shape index (κ1) is 16.1. The first-order valence-electron chi connectivity index (χ1n) is 5.39. The topological polar surface area (TPSA) is 57.5 Å². The normalized spacial score (nSPS) is 15.1. The average Bonchev–Trinajstić information content (AvgIpc) is 2.36. The Morgan fingerprint density at radius 3 is 2.42 bits per heavy atom. The molecule has 3 nitrogen and oxygen atoms in total. The second-order valence-corrected chi connectivity index (χ2v) is 4.74.